The van der Waals surface area contributed by atoms with Crippen LogP contribution in [0.5, 0.6) is 5.75 Å². The van der Waals surface area contributed by atoms with Gasteiger partial charge in [0, 0.05) is 25.2 Å². The van der Waals surface area contributed by atoms with Crippen molar-refractivity contribution in [3.63, 3.8) is 0 Å². The number of benzene rings is 1. The molecule has 104 valence electrons. The molecule has 4 aliphatic rings. The van der Waals surface area contributed by atoms with Gasteiger partial charge in [0.05, 0.1) is 26.7 Å². The van der Waals surface area contributed by atoms with Crippen LogP contribution >= 0.6 is 0 Å². The van der Waals surface area contributed by atoms with E-state index in [4.69, 9.17) is 4.74 Å². The number of para-hydroxylation sites is 1. The molecule has 4 heterocycles. The van der Waals surface area contributed by atoms with Gasteiger partial charge in [-0.25, -0.2) is 0 Å². The van der Waals surface area contributed by atoms with Gasteiger partial charge in [-0.15, -0.1) is 0 Å². The van der Waals surface area contributed by atoms with Gasteiger partial charge in [-0.3, -0.25) is 0 Å². The first-order valence-electron chi connectivity index (χ1n) is 7.32. The van der Waals surface area contributed by atoms with E-state index in [1.165, 1.54) is 42.5 Å². The van der Waals surface area contributed by atoms with Crippen molar-refractivity contribution in [2.24, 2.45) is 11.8 Å². The van der Waals surface area contributed by atoms with Crippen LogP contribution < -0.4 is 28.7 Å². The molecule has 0 spiro atoms. The van der Waals surface area contributed by atoms with Crippen LogP contribution in [0.4, 0.5) is 0 Å². The number of hydrogen-bond acceptors (Lipinski definition) is 1. The summed E-state index contributed by atoms with van der Waals surface area (Å²) in [5.74, 6) is 2.84. The predicted molar refractivity (Wildman–Crippen MR) is 71.6 cm³/mol. The van der Waals surface area contributed by atoms with Crippen molar-refractivity contribution < 1.29 is 33.2 Å². The third-order valence-electron chi connectivity index (χ3n) is 5.49. The quantitative estimate of drug-likeness (QED) is 0.477. The van der Waals surface area contributed by atoms with Crippen LogP contribution in [-0.4, -0.2) is 37.3 Å². The number of nitrogens with zero attached hydrogens (tertiary/aromatic N) is 1. The van der Waals surface area contributed by atoms with Gasteiger partial charge >= 0.3 is 0 Å². The Bertz CT molecular complexity index is 443. The molecule has 4 aliphatic heterocycles. The molecule has 3 saturated heterocycles. The van der Waals surface area contributed by atoms with Crippen LogP contribution in [-0.2, 0) is 6.42 Å². The zero-order chi connectivity index (χ0) is 12.2. The number of rotatable bonds is 1. The summed E-state index contributed by atoms with van der Waals surface area (Å²) in [5, 5.41) is 0. The molecule has 19 heavy (non-hydrogen) atoms. The Balaban J connectivity index is 0.00000110. The summed E-state index contributed by atoms with van der Waals surface area (Å²) in [5.41, 5.74) is 1.42. The third kappa shape index (κ3) is 2.29. The molecular weight excluding hydrogens is 349 g/mol. The van der Waals surface area contributed by atoms with Gasteiger partial charge in [0.1, 0.15) is 11.9 Å². The number of piperidine rings is 3. The third-order valence-corrected chi connectivity index (χ3v) is 5.49. The highest BCUT2D eigenvalue weighted by Gasteiger charge is 2.48. The van der Waals surface area contributed by atoms with E-state index >= 15 is 0 Å². The number of quaternary nitrogens is 1. The summed E-state index contributed by atoms with van der Waals surface area (Å²) in [6.45, 7) is 4.12. The van der Waals surface area contributed by atoms with Crippen molar-refractivity contribution in [2.45, 2.75) is 25.4 Å². The first kappa shape index (κ1) is 13.7. The molecule has 0 unspecified atom stereocenters. The van der Waals surface area contributed by atoms with E-state index in [1.807, 2.05) is 0 Å². The summed E-state index contributed by atoms with van der Waals surface area (Å²) >= 11 is 0. The van der Waals surface area contributed by atoms with E-state index in [1.54, 1.807) is 0 Å². The normalized spacial score (nSPS) is 39.3. The number of hydrogen-bond donors (Lipinski definition) is 0. The molecule has 1 aromatic carbocycles. The van der Waals surface area contributed by atoms with E-state index in [2.05, 4.69) is 31.3 Å². The Kier molecular flexibility index (Phi) is 3.54. The Labute approximate surface area is 132 Å². The Morgan fingerprint density at radius 2 is 1.89 bits per heavy atom. The highest BCUT2D eigenvalue weighted by molar-refractivity contribution is 5.37. The van der Waals surface area contributed by atoms with E-state index < -0.39 is 0 Å². The zero-order valence-electron chi connectivity index (χ0n) is 11.5. The topological polar surface area (TPSA) is 9.23 Å². The Hall–Kier alpha value is -0.290. The lowest BCUT2D eigenvalue weighted by molar-refractivity contribution is -0.929. The second-order valence-electron chi connectivity index (χ2n) is 6.72. The average Bonchev–Trinajstić information content (AvgIpc) is 2.82. The number of halogens is 1. The molecule has 0 N–H and O–H groups in total. The van der Waals surface area contributed by atoms with Gasteiger partial charge in [0.15, 0.2) is 0 Å². The molecule has 1 aromatic rings. The lowest BCUT2D eigenvalue weighted by Gasteiger charge is -2.51. The van der Waals surface area contributed by atoms with Crippen molar-refractivity contribution in [1.82, 2.24) is 0 Å². The molecule has 0 aromatic heterocycles. The van der Waals surface area contributed by atoms with E-state index in [0.29, 0.717) is 6.10 Å². The Morgan fingerprint density at radius 3 is 2.58 bits per heavy atom. The van der Waals surface area contributed by atoms with Crippen LogP contribution in [0.25, 0.3) is 0 Å². The van der Waals surface area contributed by atoms with E-state index in [0.717, 1.165) is 24.0 Å². The van der Waals surface area contributed by atoms with Crippen molar-refractivity contribution >= 4 is 0 Å². The molecule has 3 fully saturated rings. The second-order valence-corrected chi connectivity index (χ2v) is 6.72. The molecular formula is C16H22INO. The van der Waals surface area contributed by atoms with Crippen molar-refractivity contribution in [3.8, 4) is 5.75 Å². The van der Waals surface area contributed by atoms with Crippen molar-refractivity contribution in [2.75, 3.05) is 26.7 Å². The smallest absolute Gasteiger partial charge is 0.123 e. The van der Waals surface area contributed by atoms with Gasteiger partial charge in [0.25, 0.3) is 0 Å². The SMILES string of the molecule is C[N+]12CCC(CC1)[C@H]([C@H]1Cc3ccccc3O1)C2.[I-]. The monoisotopic (exact) mass is 371 g/mol. The molecule has 2 bridgehead atoms. The number of ether oxygens (including phenoxy) is 1. The minimum absolute atomic E-state index is 0. The summed E-state index contributed by atoms with van der Waals surface area (Å²) in [7, 11) is 2.43. The van der Waals surface area contributed by atoms with Crippen molar-refractivity contribution in [3.05, 3.63) is 29.8 Å². The molecule has 2 nitrogen and oxygen atoms in total. The summed E-state index contributed by atoms with van der Waals surface area (Å²) < 4.78 is 7.52. The van der Waals surface area contributed by atoms with Crippen LogP contribution in [0, 0.1) is 11.8 Å². The molecule has 0 saturated carbocycles. The zero-order valence-corrected chi connectivity index (χ0v) is 13.7. The maximum Gasteiger partial charge on any atom is 0.123 e. The summed E-state index contributed by atoms with van der Waals surface area (Å²) in [6, 6.07) is 8.58. The number of fused-ring (bicyclic) bond motifs is 4. The molecule has 0 aliphatic carbocycles. The first-order valence-corrected chi connectivity index (χ1v) is 7.32. The largest absolute Gasteiger partial charge is 1.00 e. The first-order chi connectivity index (χ1) is 8.73. The fourth-order valence-electron chi connectivity index (χ4n) is 4.35. The van der Waals surface area contributed by atoms with Gasteiger partial charge in [-0.2, -0.15) is 0 Å². The van der Waals surface area contributed by atoms with Crippen LogP contribution in [0.15, 0.2) is 24.3 Å². The fraction of sp³-hybridized carbons (Fsp3) is 0.625. The van der Waals surface area contributed by atoms with Gasteiger partial charge < -0.3 is 33.2 Å². The highest BCUT2D eigenvalue weighted by Crippen LogP contribution is 2.42. The lowest BCUT2D eigenvalue weighted by atomic mass is 9.74. The molecule has 5 rings (SSSR count). The minimum Gasteiger partial charge on any atom is -1.00 e. The maximum atomic E-state index is 6.23. The standard InChI is InChI=1S/C16H22NO.HI/c1-17-8-6-12(7-9-17)14(11-17)16-10-13-4-2-3-5-15(13)18-16;/h2-5,12,14,16H,6-11H2,1H3;1H/q+1;/p-1/t12?,14-,16-,17?;/m1./s1. The highest BCUT2D eigenvalue weighted by atomic mass is 127. The van der Waals surface area contributed by atoms with E-state index in [9.17, 15) is 0 Å². The lowest BCUT2D eigenvalue weighted by Crippen LogP contribution is -3.00. The predicted octanol–water partition coefficient (Wildman–Crippen LogP) is -0.519. The van der Waals surface area contributed by atoms with Crippen LogP contribution in [0.1, 0.15) is 18.4 Å². The average molecular weight is 371 g/mol. The van der Waals surface area contributed by atoms with Gasteiger partial charge in [-0.1, -0.05) is 18.2 Å². The summed E-state index contributed by atoms with van der Waals surface area (Å²) in [4.78, 5) is 0. The van der Waals surface area contributed by atoms with Crippen LogP contribution in [0.3, 0.4) is 0 Å². The molecule has 3 heteroatoms. The fourth-order valence-corrected chi connectivity index (χ4v) is 4.35. The Morgan fingerprint density at radius 1 is 1.16 bits per heavy atom. The molecule has 2 atom stereocenters. The summed E-state index contributed by atoms with van der Waals surface area (Å²) in [6.07, 6.45) is 4.41. The van der Waals surface area contributed by atoms with Crippen LogP contribution in [0.2, 0.25) is 0 Å². The van der Waals surface area contributed by atoms with Crippen molar-refractivity contribution in [1.29, 1.82) is 0 Å². The minimum atomic E-state index is 0. The molecule has 0 amide bonds. The molecule has 0 radical (unpaired) electrons. The van der Waals surface area contributed by atoms with E-state index in [-0.39, 0.29) is 24.0 Å². The van der Waals surface area contributed by atoms with Gasteiger partial charge in [0.2, 0.25) is 0 Å². The van der Waals surface area contributed by atoms with Gasteiger partial charge in [-0.05, 0) is 17.5 Å². The second kappa shape index (κ2) is 4.92. The maximum absolute atomic E-state index is 6.23.